The first kappa shape index (κ1) is 8.05. The molecule has 0 saturated carbocycles. The third-order valence-electron chi connectivity index (χ3n) is 2.37. The van der Waals surface area contributed by atoms with E-state index in [0.29, 0.717) is 0 Å². The first-order valence-corrected chi connectivity index (χ1v) is 4.31. The lowest BCUT2D eigenvalue weighted by atomic mass is 9.85. The predicted octanol–water partition coefficient (Wildman–Crippen LogP) is 1.66. The summed E-state index contributed by atoms with van der Waals surface area (Å²) >= 11 is 0. The third-order valence-corrected chi connectivity index (χ3v) is 2.37. The second-order valence-electron chi connectivity index (χ2n) is 3.16. The molecule has 1 amide bonds. The zero-order valence-electron chi connectivity index (χ0n) is 7.23. The van der Waals surface area contributed by atoms with Crippen molar-refractivity contribution >= 4 is 5.91 Å². The molecule has 1 aliphatic heterocycles. The summed E-state index contributed by atoms with van der Waals surface area (Å²) in [4.78, 5) is 11.1. The van der Waals surface area contributed by atoms with E-state index in [4.69, 9.17) is 0 Å². The highest BCUT2D eigenvalue weighted by Gasteiger charge is 2.37. The van der Waals surface area contributed by atoms with Crippen molar-refractivity contribution in [2.45, 2.75) is 6.04 Å². The van der Waals surface area contributed by atoms with E-state index >= 15 is 0 Å². The van der Waals surface area contributed by atoms with Crippen LogP contribution < -0.4 is 5.32 Å². The monoisotopic (exact) mass is 173 g/mol. The molecular weight excluding hydrogens is 162 g/mol. The first-order valence-electron chi connectivity index (χ1n) is 4.31. The van der Waals surface area contributed by atoms with Gasteiger partial charge in [-0.2, -0.15) is 0 Å². The fourth-order valence-corrected chi connectivity index (χ4v) is 1.59. The Bertz CT molecular complexity index is 331. The van der Waals surface area contributed by atoms with Gasteiger partial charge in [-0.15, -0.1) is 6.58 Å². The minimum absolute atomic E-state index is 0.0533. The summed E-state index contributed by atoms with van der Waals surface area (Å²) in [5.41, 5.74) is 1.15. The zero-order chi connectivity index (χ0) is 9.26. The van der Waals surface area contributed by atoms with E-state index in [1.807, 2.05) is 30.3 Å². The van der Waals surface area contributed by atoms with E-state index in [9.17, 15) is 4.79 Å². The Morgan fingerprint density at radius 3 is 2.54 bits per heavy atom. The van der Waals surface area contributed by atoms with Gasteiger partial charge in [-0.25, -0.2) is 0 Å². The fraction of sp³-hybridized carbons (Fsp3) is 0.182. The molecule has 0 aliphatic carbocycles. The molecule has 2 rings (SSSR count). The molecule has 1 heterocycles. The molecule has 2 nitrogen and oxygen atoms in total. The highest BCUT2D eigenvalue weighted by Crippen LogP contribution is 2.30. The molecule has 1 fully saturated rings. The van der Waals surface area contributed by atoms with Gasteiger partial charge in [-0.05, 0) is 5.56 Å². The Morgan fingerprint density at radius 1 is 1.31 bits per heavy atom. The molecule has 13 heavy (non-hydrogen) atoms. The van der Waals surface area contributed by atoms with Crippen molar-refractivity contribution < 1.29 is 4.79 Å². The molecule has 0 bridgehead atoms. The number of nitrogens with one attached hydrogen (secondary N) is 1. The van der Waals surface area contributed by atoms with E-state index in [-0.39, 0.29) is 17.9 Å². The maximum absolute atomic E-state index is 11.1. The van der Waals surface area contributed by atoms with Crippen molar-refractivity contribution in [1.82, 2.24) is 5.32 Å². The van der Waals surface area contributed by atoms with Gasteiger partial charge in [0.05, 0.1) is 12.0 Å². The van der Waals surface area contributed by atoms with Gasteiger partial charge < -0.3 is 5.32 Å². The summed E-state index contributed by atoms with van der Waals surface area (Å²) in [7, 11) is 0. The minimum atomic E-state index is -0.0533. The molecule has 2 atom stereocenters. The highest BCUT2D eigenvalue weighted by molar-refractivity contribution is 5.88. The van der Waals surface area contributed by atoms with Crippen LogP contribution >= 0.6 is 0 Å². The molecule has 1 N–H and O–H groups in total. The Morgan fingerprint density at radius 2 is 2.00 bits per heavy atom. The van der Waals surface area contributed by atoms with Crippen LogP contribution in [0.25, 0.3) is 0 Å². The fourth-order valence-electron chi connectivity index (χ4n) is 1.59. The molecule has 1 aliphatic rings. The zero-order valence-corrected chi connectivity index (χ0v) is 7.23. The van der Waals surface area contributed by atoms with Crippen molar-refractivity contribution in [3.8, 4) is 0 Å². The van der Waals surface area contributed by atoms with Crippen LogP contribution in [0.15, 0.2) is 43.0 Å². The lowest BCUT2D eigenvalue weighted by Gasteiger charge is -2.35. The van der Waals surface area contributed by atoms with Gasteiger partial charge in [-0.3, -0.25) is 4.79 Å². The van der Waals surface area contributed by atoms with Crippen LogP contribution in [0.5, 0.6) is 0 Å². The number of carbonyl (C=O) groups is 1. The summed E-state index contributed by atoms with van der Waals surface area (Å²) in [5, 5.41) is 2.85. The van der Waals surface area contributed by atoms with Gasteiger partial charge in [0, 0.05) is 0 Å². The predicted molar refractivity (Wildman–Crippen MR) is 51.0 cm³/mol. The van der Waals surface area contributed by atoms with E-state index in [1.165, 1.54) is 0 Å². The number of β-lactam (4-membered cyclic amide) rings is 1. The maximum Gasteiger partial charge on any atom is 0.229 e. The molecule has 1 aromatic carbocycles. The van der Waals surface area contributed by atoms with Gasteiger partial charge in [-0.1, -0.05) is 36.4 Å². The smallest absolute Gasteiger partial charge is 0.229 e. The minimum Gasteiger partial charge on any atom is -0.348 e. The second-order valence-corrected chi connectivity index (χ2v) is 3.16. The van der Waals surface area contributed by atoms with Crippen molar-refractivity contribution in [3.05, 3.63) is 48.6 Å². The van der Waals surface area contributed by atoms with E-state index in [2.05, 4.69) is 11.9 Å². The van der Waals surface area contributed by atoms with Crippen LogP contribution in [-0.4, -0.2) is 5.91 Å². The van der Waals surface area contributed by atoms with E-state index < -0.39 is 0 Å². The van der Waals surface area contributed by atoms with Crippen LogP contribution in [0.3, 0.4) is 0 Å². The summed E-state index contributed by atoms with van der Waals surface area (Å²) < 4.78 is 0. The summed E-state index contributed by atoms with van der Waals surface area (Å²) in [6.45, 7) is 3.65. The summed E-state index contributed by atoms with van der Waals surface area (Å²) in [6, 6.07) is 10.1. The largest absolute Gasteiger partial charge is 0.348 e. The van der Waals surface area contributed by atoms with Crippen molar-refractivity contribution in [2.75, 3.05) is 0 Å². The maximum atomic E-state index is 11.1. The Balaban J connectivity index is 2.20. The lowest BCUT2D eigenvalue weighted by Crippen LogP contribution is -2.50. The highest BCUT2D eigenvalue weighted by atomic mass is 16.2. The number of carbonyl (C=O) groups excluding carboxylic acids is 1. The normalized spacial score (nSPS) is 26.0. The number of benzene rings is 1. The number of rotatable bonds is 2. The van der Waals surface area contributed by atoms with Crippen molar-refractivity contribution in [2.24, 2.45) is 5.92 Å². The quantitative estimate of drug-likeness (QED) is 0.535. The number of hydrogen-bond donors (Lipinski definition) is 1. The second kappa shape index (κ2) is 3.05. The topological polar surface area (TPSA) is 29.1 Å². The number of hydrogen-bond acceptors (Lipinski definition) is 1. The van der Waals surface area contributed by atoms with E-state index in [0.717, 1.165) is 5.56 Å². The Labute approximate surface area is 77.3 Å². The third kappa shape index (κ3) is 1.24. The van der Waals surface area contributed by atoms with Crippen molar-refractivity contribution in [1.29, 1.82) is 0 Å². The summed E-state index contributed by atoms with van der Waals surface area (Å²) in [5.74, 6) is 0.0197. The molecule has 2 heteroatoms. The Kier molecular flexibility index (Phi) is 1.89. The van der Waals surface area contributed by atoms with E-state index in [1.54, 1.807) is 6.08 Å². The van der Waals surface area contributed by atoms with Crippen LogP contribution in [0, 0.1) is 5.92 Å². The SMILES string of the molecule is C=C[C@@H]1C(=O)N[C@H]1c1ccccc1. The standard InChI is InChI=1S/C11H11NO/c1-2-9-10(12-11(9)13)8-6-4-3-5-7-8/h2-7,9-10H,1H2,(H,12,13)/t9-,10-/m0/s1. The van der Waals surface area contributed by atoms with Crippen molar-refractivity contribution in [3.63, 3.8) is 0 Å². The molecular formula is C11H11NO. The summed E-state index contributed by atoms with van der Waals surface area (Å²) in [6.07, 6.45) is 1.70. The average molecular weight is 173 g/mol. The molecule has 1 aromatic rings. The molecule has 0 unspecified atom stereocenters. The van der Waals surface area contributed by atoms with Crippen LogP contribution in [0.2, 0.25) is 0 Å². The lowest BCUT2D eigenvalue weighted by molar-refractivity contribution is -0.132. The molecule has 1 saturated heterocycles. The Hall–Kier alpha value is -1.57. The van der Waals surface area contributed by atoms with Gasteiger partial charge >= 0.3 is 0 Å². The first-order chi connectivity index (χ1) is 6.33. The average Bonchev–Trinajstić information content (AvgIpc) is 2.16. The van der Waals surface area contributed by atoms with Gasteiger partial charge in [0.25, 0.3) is 0 Å². The molecule has 0 radical (unpaired) electrons. The molecule has 0 aromatic heterocycles. The molecule has 0 spiro atoms. The van der Waals surface area contributed by atoms with Gasteiger partial charge in [0.2, 0.25) is 5.91 Å². The number of amides is 1. The van der Waals surface area contributed by atoms with Crippen LogP contribution in [0.4, 0.5) is 0 Å². The van der Waals surface area contributed by atoms with Crippen LogP contribution in [0.1, 0.15) is 11.6 Å². The molecule has 66 valence electrons. The van der Waals surface area contributed by atoms with Crippen LogP contribution in [-0.2, 0) is 4.79 Å². The van der Waals surface area contributed by atoms with Gasteiger partial charge in [0.1, 0.15) is 0 Å². The van der Waals surface area contributed by atoms with Gasteiger partial charge in [0.15, 0.2) is 0 Å².